The van der Waals surface area contributed by atoms with Gasteiger partial charge >= 0.3 is 0 Å². The van der Waals surface area contributed by atoms with E-state index in [0.29, 0.717) is 15.7 Å². The van der Waals surface area contributed by atoms with Gasteiger partial charge < -0.3 is 9.47 Å². The van der Waals surface area contributed by atoms with Crippen molar-refractivity contribution in [1.82, 2.24) is 14.6 Å². The van der Waals surface area contributed by atoms with Crippen LogP contribution < -0.4 is 14.8 Å². The summed E-state index contributed by atoms with van der Waals surface area (Å²) in [6.45, 7) is 1.72. The third-order valence-corrected chi connectivity index (χ3v) is 5.44. The van der Waals surface area contributed by atoms with Crippen molar-refractivity contribution in [1.29, 1.82) is 0 Å². The van der Waals surface area contributed by atoms with Crippen LogP contribution in [0.4, 0.5) is 5.95 Å². The molecule has 148 valence electrons. The van der Waals surface area contributed by atoms with Crippen LogP contribution in [-0.4, -0.2) is 34.2 Å². The minimum atomic E-state index is -0.348. The van der Waals surface area contributed by atoms with Gasteiger partial charge in [0.15, 0.2) is 6.61 Å². The third kappa shape index (κ3) is 4.18. The highest BCUT2D eigenvalue weighted by Crippen LogP contribution is 2.28. The highest BCUT2D eigenvalue weighted by atomic mass is 35.5. The number of carbonyl (C=O) groups is 1. The number of benzene rings is 2. The zero-order chi connectivity index (χ0) is 20.4. The number of methoxy groups -OCH3 is 1. The number of nitrogens with zero attached hydrogens (tertiary/aromatic N) is 3. The molecule has 0 spiro atoms. The van der Waals surface area contributed by atoms with Gasteiger partial charge in [-0.3, -0.25) is 10.1 Å². The van der Waals surface area contributed by atoms with E-state index in [4.69, 9.17) is 21.1 Å². The van der Waals surface area contributed by atoms with Gasteiger partial charge in [0, 0.05) is 16.0 Å². The summed E-state index contributed by atoms with van der Waals surface area (Å²) in [6.07, 6.45) is 0. The number of aromatic nitrogens is 3. The van der Waals surface area contributed by atoms with E-state index in [-0.39, 0.29) is 18.5 Å². The lowest BCUT2D eigenvalue weighted by atomic mass is 10.2. The average Bonchev–Trinajstić information content (AvgIpc) is 3.29. The van der Waals surface area contributed by atoms with Crippen LogP contribution in [0.5, 0.6) is 11.5 Å². The first kappa shape index (κ1) is 19.2. The Bertz CT molecular complexity index is 1190. The standard InChI is InChI=1S/C20H17ClN4O3S/c1-12-8-15(6-7-16(12)21)28-10-18(26)22-19-23-20-25(24-19)17(11-29-20)13-4-3-5-14(9-13)27-2/h3-9,11H,10H2,1-2H3,(H,22,24,26). The van der Waals surface area contributed by atoms with Crippen molar-refractivity contribution in [3.8, 4) is 22.8 Å². The molecule has 0 unspecified atom stereocenters. The number of rotatable bonds is 6. The summed E-state index contributed by atoms with van der Waals surface area (Å²) in [5, 5.41) is 9.67. The molecule has 0 saturated carbocycles. The first-order valence-corrected chi connectivity index (χ1v) is 9.97. The molecule has 0 aliphatic rings. The van der Waals surface area contributed by atoms with Gasteiger partial charge in [-0.1, -0.05) is 23.7 Å². The summed E-state index contributed by atoms with van der Waals surface area (Å²) in [4.78, 5) is 17.2. The Hall–Kier alpha value is -3.10. The van der Waals surface area contributed by atoms with E-state index < -0.39 is 0 Å². The number of thiazole rings is 1. The highest BCUT2D eigenvalue weighted by Gasteiger charge is 2.14. The fourth-order valence-electron chi connectivity index (χ4n) is 2.73. The SMILES string of the molecule is COc1cccc(-c2csc3nc(NC(=O)COc4ccc(Cl)c(C)c4)nn23)c1. The summed E-state index contributed by atoms with van der Waals surface area (Å²) >= 11 is 7.43. The molecule has 9 heteroatoms. The van der Waals surface area contributed by atoms with Crippen LogP contribution in [0.1, 0.15) is 5.56 Å². The average molecular weight is 429 g/mol. The molecule has 0 aliphatic heterocycles. The van der Waals surface area contributed by atoms with Gasteiger partial charge in [-0.15, -0.1) is 16.4 Å². The minimum absolute atomic E-state index is 0.156. The summed E-state index contributed by atoms with van der Waals surface area (Å²) in [5.41, 5.74) is 2.69. The van der Waals surface area contributed by atoms with Crippen LogP contribution in [0.3, 0.4) is 0 Å². The topological polar surface area (TPSA) is 77.8 Å². The Kier molecular flexibility index (Phi) is 5.37. The van der Waals surface area contributed by atoms with Gasteiger partial charge in [0.25, 0.3) is 11.9 Å². The maximum absolute atomic E-state index is 12.2. The van der Waals surface area contributed by atoms with Crippen molar-refractivity contribution in [2.24, 2.45) is 0 Å². The van der Waals surface area contributed by atoms with Gasteiger partial charge in [-0.2, -0.15) is 4.98 Å². The van der Waals surface area contributed by atoms with Gasteiger partial charge in [0.1, 0.15) is 11.5 Å². The lowest BCUT2D eigenvalue weighted by Crippen LogP contribution is -2.21. The van der Waals surface area contributed by atoms with E-state index in [9.17, 15) is 4.79 Å². The maximum Gasteiger partial charge on any atom is 0.264 e. The smallest absolute Gasteiger partial charge is 0.264 e. The molecule has 0 aliphatic carbocycles. The van der Waals surface area contributed by atoms with Crippen LogP contribution in [0.2, 0.25) is 5.02 Å². The van der Waals surface area contributed by atoms with E-state index in [2.05, 4.69) is 15.4 Å². The lowest BCUT2D eigenvalue weighted by Gasteiger charge is -2.07. The Morgan fingerprint density at radius 2 is 2.10 bits per heavy atom. The van der Waals surface area contributed by atoms with Crippen molar-refractivity contribution >= 4 is 39.8 Å². The van der Waals surface area contributed by atoms with Crippen LogP contribution in [0, 0.1) is 6.92 Å². The van der Waals surface area contributed by atoms with Crippen LogP contribution >= 0.6 is 22.9 Å². The molecule has 0 bridgehead atoms. The zero-order valence-corrected chi connectivity index (χ0v) is 17.3. The van der Waals surface area contributed by atoms with E-state index in [1.807, 2.05) is 36.6 Å². The first-order valence-electron chi connectivity index (χ1n) is 8.71. The number of amides is 1. The second-order valence-corrected chi connectivity index (χ2v) is 7.47. The molecule has 1 N–H and O–H groups in total. The van der Waals surface area contributed by atoms with Crippen molar-refractivity contribution in [3.05, 3.63) is 58.4 Å². The van der Waals surface area contributed by atoms with Crippen molar-refractivity contribution in [2.75, 3.05) is 19.0 Å². The van der Waals surface area contributed by atoms with Gasteiger partial charge in [0.2, 0.25) is 4.96 Å². The molecule has 2 heterocycles. The number of hydrogen-bond acceptors (Lipinski definition) is 6. The quantitative estimate of drug-likeness (QED) is 0.491. The number of ether oxygens (including phenoxy) is 2. The van der Waals surface area contributed by atoms with Gasteiger partial charge in [-0.05, 0) is 42.8 Å². The second-order valence-electron chi connectivity index (χ2n) is 6.23. The Labute approximate surface area is 175 Å². The maximum atomic E-state index is 12.2. The molecule has 0 radical (unpaired) electrons. The van der Waals surface area contributed by atoms with Crippen molar-refractivity contribution < 1.29 is 14.3 Å². The number of nitrogens with one attached hydrogen (secondary N) is 1. The molecule has 4 rings (SSSR count). The van der Waals surface area contributed by atoms with Crippen LogP contribution in [0.25, 0.3) is 16.2 Å². The van der Waals surface area contributed by atoms with Gasteiger partial charge in [0.05, 0.1) is 12.8 Å². The Morgan fingerprint density at radius 1 is 1.24 bits per heavy atom. The van der Waals surface area contributed by atoms with Gasteiger partial charge in [-0.25, -0.2) is 4.52 Å². The number of halogens is 1. The van der Waals surface area contributed by atoms with Crippen LogP contribution in [-0.2, 0) is 4.79 Å². The van der Waals surface area contributed by atoms with E-state index >= 15 is 0 Å². The molecule has 2 aromatic carbocycles. The highest BCUT2D eigenvalue weighted by molar-refractivity contribution is 7.15. The number of carbonyl (C=O) groups excluding carboxylic acids is 1. The molecule has 29 heavy (non-hydrogen) atoms. The summed E-state index contributed by atoms with van der Waals surface area (Å²) in [6, 6.07) is 12.9. The summed E-state index contributed by atoms with van der Waals surface area (Å²) in [7, 11) is 1.62. The molecule has 0 atom stereocenters. The van der Waals surface area contributed by atoms with Crippen molar-refractivity contribution in [3.63, 3.8) is 0 Å². The normalized spacial score (nSPS) is 10.9. The molecular formula is C20H17ClN4O3S. The summed E-state index contributed by atoms with van der Waals surface area (Å²) in [5.74, 6) is 1.20. The Morgan fingerprint density at radius 3 is 2.90 bits per heavy atom. The fourth-order valence-corrected chi connectivity index (χ4v) is 3.68. The van der Waals surface area contributed by atoms with Crippen LogP contribution in [0.15, 0.2) is 47.8 Å². The molecule has 1 amide bonds. The Balaban J connectivity index is 1.46. The van der Waals surface area contributed by atoms with E-state index in [0.717, 1.165) is 22.6 Å². The molecule has 0 saturated heterocycles. The molecule has 0 fully saturated rings. The predicted molar refractivity (Wildman–Crippen MR) is 113 cm³/mol. The zero-order valence-electron chi connectivity index (χ0n) is 15.7. The summed E-state index contributed by atoms with van der Waals surface area (Å²) < 4.78 is 12.5. The van der Waals surface area contributed by atoms with E-state index in [1.165, 1.54) is 11.3 Å². The van der Waals surface area contributed by atoms with Crippen molar-refractivity contribution in [2.45, 2.75) is 6.92 Å². The number of aryl methyl sites for hydroxylation is 1. The molecule has 4 aromatic rings. The van der Waals surface area contributed by atoms with E-state index in [1.54, 1.807) is 29.8 Å². The largest absolute Gasteiger partial charge is 0.497 e. The first-order chi connectivity index (χ1) is 14.0. The number of anilines is 1. The number of hydrogen-bond donors (Lipinski definition) is 1. The monoisotopic (exact) mass is 428 g/mol. The molecular weight excluding hydrogens is 412 g/mol. The third-order valence-electron chi connectivity index (χ3n) is 4.20. The lowest BCUT2D eigenvalue weighted by molar-refractivity contribution is -0.118. The number of fused-ring (bicyclic) bond motifs is 1. The molecule has 2 aromatic heterocycles. The fraction of sp³-hybridized carbons (Fsp3) is 0.150. The predicted octanol–water partition coefficient (Wildman–Crippen LogP) is 4.45. The minimum Gasteiger partial charge on any atom is -0.497 e. The second kappa shape index (κ2) is 8.10. The molecule has 7 nitrogen and oxygen atoms in total.